The Kier molecular flexibility index (Phi) is 5.98. The van der Waals surface area contributed by atoms with E-state index in [1.54, 1.807) is 23.9 Å². The lowest BCUT2D eigenvalue weighted by Crippen LogP contribution is -2.38. The number of amides is 3. The number of carbonyl (C=O) groups is 2. The summed E-state index contributed by atoms with van der Waals surface area (Å²) in [6, 6.07) is 4.56. The molecule has 4 N–H and O–H groups in total. The van der Waals surface area contributed by atoms with Crippen molar-refractivity contribution < 1.29 is 9.59 Å². The van der Waals surface area contributed by atoms with Crippen molar-refractivity contribution >= 4 is 41.0 Å². The molecule has 0 unspecified atom stereocenters. The lowest BCUT2D eigenvalue weighted by Gasteiger charge is -2.13. The number of anilines is 1. The van der Waals surface area contributed by atoms with Gasteiger partial charge in [-0.2, -0.15) is 0 Å². The fraction of sp³-hybridized carbons (Fsp3) is 0.333. The van der Waals surface area contributed by atoms with Gasteiger partial charge in [0.1, 0.15) is 0 Å². The average Bonchev–Trinajstić information content (AvgIpc) is 2.28. The summed E-state index contributed by atoms with van der Waals surface area (Å²) in [5, 5.41) is 5.90. The Labute approximate surface area is 121 Å². The third-order valence-electron chi connectivity index (χ3n) is 2.01. The van der Waals surface area contributed by atoms with Crippen LogP contribution in [0.4, 0.5) is 10.5 Å². The van der Waals surface area contributed by atoms with Crippen LogP contribution >= 0.6 is 23.4 Å². The van der Waals surface area contributed by atoms with E-state index in [9.17, 15) is 9.59 Å². The predicted octanol–water partition coefficient (Wildman–Crippen LogP) is 2.45. The van der Waals surface area contributed by atoms with E-state index in [4.69, 9.17) is 17.3 Å². The summed E-state index contributed by atoms with van der Waals surface area (Å²) in [5.41, 5.74) is 5.61. The lowest BCUT2D eigenvalue weighted by molar-refractivity contribution is -0.118. The number of rotatable bonds is 5. The van der Waals surface area contributed by atoms with E-state index in [0.717, 1.165) is 10.6 Å². The molecule has 0 aromatic heterocycles. The molecule has 0 saturated carbocycles. The maximum atomic E-state index is 11.3. The Bertz CT molecular complexity index is 480. The highest BCUT2D eigenvalue weighted by Crippen LogP contribution is 2.32. The number of benzene rings is 1. The number of thioether (sulfide) groups is 1. The average molecular weight is 302 g/mol. The molecule has 0 heterocycles. The van der Waals surface area contributed by atoms with Crippen LogP contribution in [-0.2, 0) is 4.79 Å². The molecular weight excluding hydrogens is 286 g/mol. The molecule has 7 heteroatoms. The third-order valence-corrected chi connectivity index (χ3v) is 3.32. The van der Waals surface area contributed by atoms with Gasteiger partial charge in [-0.1, -0.05) is 25.4 Å². The van der Waals surface area contributed by atoms with E-state index in [0.29, 0.717) is 10.3 Å². The maximum Gasteiger partial charge on any atom is 0.318 e. The second kappa shape index (κ2) is 7.25. The Hall–Kier alpha value is -1.40. The molecule has 0 aliphatic heterocycles. The van der Waals surface area contributed by atoms with Crippen molar-refractivity contribution in [3.63, 3.8) is 0 Å². The zero-order valence-corrected chi connectivity index (χ0v) is 12.3. The first kappa shape index (κ1) is 15.7. The molecular formula is C12H16ClN3O2S. The monoisotopic (exact) mass is 301 g/mol. The molecule has 1 aromatic rings. The van der Waals surface area contributed by atoms with E-state index >= 15 is 0 Å². The number of hydrogen-bond donors (Lipinski definition) is 3. The van der Waals surface area contributed by atoms with Crippen LogP contribution in [-0.4, -0.2) is 23.7 Å². The van der Waals surface area contributed by atoms with Gasteiger partial charge in [-0.25, -0.2) is 4.79 Å². The summed E-state index contributed by atoms with van der Waals surface area (Å²) < 4.78 is 0. The molecule has 0 aliphatic rings. The van der Waals surface area contributed by atoms with Gasteiger partial charge in [-0.05, 0) is 18.2 Å². The van der Waals surface area contributed by atoms with E-state index in [1.165, 1.54) is 0 Å². The summed E-state index contributed by atoms with van der Waals surface area (Å²) in [7, 11) is 0. The van der Waals surface area contributed by atoms with Crippen LogP contribution in [0.1, 0.15) is 13.8 Å². The van der Waals surface area contributed by atoms with E-state index in [-0.39, 0.29) is 6.54 Å². The molecule has 1 aromatic carbocycles. The van der Waals surface area contributed by atoms with Gasteiger partial charge < -0.3 is 11.1 Å². The second-order valence-corrected chi connectivity index (χ2v) is 6.13. The molecule has 19 heavy (non-hydrogen) atoms. The van der Waals surface area contributed by atoms with Crippen LogP contribution in [0, 0.1) is 0 Å². The van der Waals surface area contributed by atoms with Crippen molar-refractivity contribution in [2.24, 2.45) is 5.73 Å². The van der Waals surface area contributed by atoms with Gasteiger partial charge in [-0.3, -0.25) is 10.1 Å². The quantitative estimate of drug-likeness (QED) is 0.729. The van der Waals surface area contributed by atoms with Crippen molar-refractivity contribution in [1.82, 2.24) is 5.32 Å². The molecule has 0 atom stereocenters. The number of urea groups is 1. The molecule has 3 amide bonds. The summed E-state index contributed by atoms with van der Waals surface area (Å²) in [4.78, 5) is 22.8. The minimum atomic E-state index is -0.866. The topological polar surface area (TPSA) is 84.2 Å². The van der Waals surface area contributed by atoms with Gasteiger partial charge >= 0.3 is 6.03 Å². The number of halogens is 1. The van der Waals surface area contributed by atoms with E-state index < -0.39 is 11.9 Å². The molecule has 0 saturated heterocycles. The molecule has 5 nitrogen and oxygen atoms in total. The van der Waals surface area contributed by atoms with Crippen molar-refractivity contribution in [3.8, 4) is 0 Å². The molecule has 0 fully saturated rings. The summed E-state index contributed by atoms with van der Waals surface area (Å²) in [6.45, 7) is 4.10. The van der Waals surface area contributed by atoms with Crippen LogP contribution < -0.4 is 16.4 Å². The minimum Gasteiger partial charge on any atom is -0.375 e. The normalized spacial score (nSPS) is 10.3. The second-order valence-electron chi connectivity index (χ2n) is 4.07. The standard InChI is InChI=1S/C12H16ClN3O2S/c1-7(2)19-10-4-3-8(13)5-9(10)15-6-11(17)16-12(14)18/h3-5,7,15H,6H2,1-2H3,(H3,14,16,17,18). The van der Waals surface area contributed by atoms with Gasteiger partial charge in [0.15, 0.2) is 0 Å². The van der Waals surface area contributed by atoms with Gasteiger partial charge in [0.25, 0.3) is 0 Å². The summed E-state index contributed by atoms with van der Waals surface area (Å²) in [6.07, 6.45) is 0. The number of hydrogen-bond acceptors (Lipinski definition) is 4. The largest absolute Gasteiger partial charge is 0.375 e. The number of carbonyl (C=O) groups excluding carboxylic acids is 2. The predicted molar refractivity (Wildman–Crippen MR) is 78.7 cm³/mol. The first-order chi connectivity index (χ1) is 8.88. The number of imide groups is 1. The number of nitrogens with one attached hydrogen (secondary N) is 2. The number of primary amides is 1. The fourth-order valence-corrected chi connectivity index (χ4v) is 2.44. The van der Waals surface area contributed by atoms with E-state index in [1.807, 2.05) is 11.4 Å². The SMILES string of the molecule is CC(C)Sc1ccc(Cl)cc1NCC(=O)NC(N)=O. The highest BCUT2D eigenvalue weighted by molar-refractivity contribution is 8.00. The fourth-order valence-electron chi connectivity index (χ4n) is 1.35. The van der Waals surface area contributed by atoms with Crippen LogP contribution in [0.5, 0.6) is 0 Å². The first-order valence-corrected chi connectivity index (χ1v) is 6.93. The molecule has 0 aliphatic carbocycles. The molecule has 1 rings (SSSR count). The van der Waals surface area contributed by atoms with Crippen molar-refractivity contribution in [3.05, 3.63) is 23.2 Å². The molecule has 0 radical (unpaired) electrons. The Morgan fingerprint density at radius 1 is 1.42 bits per heavy atom. The Morgan fingerprint density at radius 3 is 2.68 bits per heavy atom. The van der Waals surface area contributed by atoms with Gasteiger partial charge in [0.05, 0.1) is 6.54 Å². The van der Waals surface area contributed by atoms with Crippen molar-refractivity contribution in [1.29, 1.82) is 0 Å². The minimum absolute atomic E-state index is 0.0467. The third kappa shape index (κ3) is 5.85. The lowest BCUT2D eigenvalue weighted by atomic mass is 10.3. The van der Waals surface area contributed by atoms with E-state index in [2.05, 4.69) is 19.2 Å². The van der Waals surface area contributed by atoms with Crippen LogP contribution in [0.15, 0.2) is 23.1 Å². The highest BCUT2D eigenvalue weighted by Gasteiger charge is 2.09. The van der Waals surface area contributed by atoms with Crippen molar-refractivity contribution in [2.75, 3.05) is 11.9 Å². The maximum absolute atomic E-state index is 11.3. The van der Waals surface area contributed by atoms with Gasteiger partial charge in [-0.15, -0.1) is 11.8 Å². The summed E-state index contributed by atoms with van der Waals surface area (Å²) in [5.74, 6) is -0.493. The zero-order chi connectivity index (χ0) is 14.4. The molecule has 0 spiro atoms. The Balaban J connectivity index is 2.72. The molecule has 0 bridgehead atoms. The first-order valence-electron chi connectivity index (χ1n) is 5.68. The van der Waals surface area contributed by atoms with Gasteiger partial charge in [0.2, 0.25) is 5.91 Å². The molecule has 104 valence electrons. The Morgan fingerprint density at radius 2 is 2.11 bits per heavy atom. The van der Waals surface area contributed by atoms with Crippen LogP contribution in [0.3, 0.4) is 0 Å². The van der Waals surface area contributed by atoms with Crippen LogP contribution in [0.2, 0.25) is 5.02 Å². The number of nitrogens with two attached hydrogens (primary N) is 1. The highest BCUT2D eigenvalue weighted by atomic mass is 35.5. The zero-order valence-electron chi connectivity index (χ0n) is 10.7. The van der Waals surface area contributed by atoms with Gasteiger partial charge in [0, 0.05) is 20.9 Å². The smallest absolute Gasteiger partial charge is 0.318 e. The van der Waals surface area contributed by atoms with Crippen molar-refractivity contribution in [2.45, 2.75) is 24.0 Å². The van der Waals surface area contributed by atoms with Crippen LogP contribution in [0.25, 0.3) is 0 Å². The summed E-state index contributed by atoms with van der Waals surface area (Å²) >= 11 is 7.58.